The predicted octanol–water partition coefficient (Wildman–Crippen LogP) is 1.72. The van der Waals surface area contributed by atoms with Crippen molar-refractivity contribution in [2.75, 3.05) is 18.4 Å². The first-order valence-corrected chi connectivity index (χ1v) is 7.29. The van der Waals surface area contributed by atoms with Gasteiger partial charge in [-0.2, -0.15) is 5.10 Å². The largest absolute Gasteiger partial charge is 0.351 e. The third-order valence-electron chi connectivity index (χ3n) is 3.75. The zero-order valence-corrected chi connectivity index (χ0v) is 12.9. The van der Waals surface area contributed by atoms with Crippen LogP contribution in [0.4, 0.5) is 11.4 Å². The molecule has 0 amide bonds. The fourth-order valence-electron chi connectivity index (χ4n) is 2.42. The van der Waals surface area contributed by atoms with Crippen molar-refractivity contribution in [3.8, 4) is 0 Å². The van der Waals surface area contributed by atoms with Crippen LogP contribution in [0.25, 0.3) is 0 Å². The number of nitrogens with one attached hydrogen (secondary N) is 1. The van der Waals surface area contributed by atoms with Crippen molar-refractivity contribution in [2.45, 2.75) is 13.0 Å². The van der Waals surface area contributed by atoms with E-state index in [1.54, 1.807) is 13.1 Å². The van der Waals surface area contributed by atoms with Gasteiger partial charge < -0.3 is 9.88 Å². The van der Waals surface area contributed by atoms with Crippen LogP contribution < -0.4 is 10.9 Å². The number of nitrogens with zero attached hydrogens (tertiary/aromatic N) is 4. The molecule has 0 aromatic carbocycles. The standard InChI is InChI=1S/C14H18ClN5O/c1-18-8-10(6-11(18)9-20-4-3-5-20)16-12-7-13(15)17-19(2)14(12)21/h6-8,16H,3-5,9H2,1-2H3. The minimum Gasteiger partial charge on any atom is -0.351 e. The summed E-state index contributed by atoms with van der Waals surface area (Å²) in [7, 11) is 3.59. The molecule has 21 heavy (non-hydrogen) atoms. The maximum Gasteiger partial charge on any atom is 0.290 e. The predicted molar refractivity (Wildman–Crippen MR) is 83.1 cm³/mol. The Hall–Kier alpha value is -1.79. The molecule has 0 saturated carbocycles. The monoisotopic (exact) mass is 307 g/mol. The first-order chi connectivity index (χ1) is 10.0. The van der Waals surface area contributed by atoms with Gasteiger partial charge in [-0.15, -0.1) is 0 Å². The Labute approximate surface area is 127 Å². The summed E-state index contributed by atoms with van der Waals surface area (Å²) < 4.78 is 3.31. The molecule has 0 spiro atoms. The topological polar surface area (TPSA) is 55.1 Å². The van der Waals surface area contributed by atoms with Gasteiger partial charge in [-0.05, 0) is 25.6 Å². The summed E-state index contributed by atoms with van der Waals surface area (Å²) in [5.74, 6) is 0. The fourth-order valence-corrected chi connectivity index (χ4v) is 2.64. The van der Waals surface area contributed by atoms with E-state index in [-0.39, 0.29) is 10.7 Å². The zero-order chi connectivity index (χ0) is 15.0. The third-order valence-corrected chi connectivity index (χ3v) is 3.94. The average Bonchev–Trinajstić information content (AvgIpc) is 2.70. The van der Waals surface area contributed by atoms with Crippen LogP contribution in [-0.2, 0) is 20.6 Å². The Morgan fingerprint density at radius 1 is 1.33 bits per heavy atom. The Bertz CT molecular complexity index is 717. The highest BCUT2D eigenvalue weighted by atomic mass is 35.5. The lowest BCUT2D eigenvalue weighted by Gasteiger charge is -2.30. The van der Waals surface area contributed by atoms with Crippen molar-refractivity contribution < 1.29 is 0 Å². The number of likely N-dealkylation sites (tertiary alicyclic amines) is 1. The van der Waals surface area contributed by atoms with Crippen molar-refractivity contribution in [1.82, 2.24) is 19.2 Å². The van der Waals surface area contributed by atoms with Crippen LogP contribution in [-0.4, -0.2) is 32.3 Å². The summed E-state index contributed by atoms with van der Waals surface area (Å²) in [6, 6.07) is 3.61. The molecule has 0 radical (unpaired) electrons. The van der Waals surface area contributed by atoms with Gasteiger partial charge >= 0.3 is 0 Å². The molecule has 112 valence electrons. The van der Waals surface area contributed by atoms with Crippen LogP contribution in [0.1, 0.15) is 12.1 Å². The van der Waals surface area contributed by atoms with Crippen molar-refractivity contribution in [1.29, 1.82) is 0 Å². The molecule has 1 saturated heterocycles. The minimum absolute atomic E-state index is 0.201. The molecule has 2 aromatic heterocycles. The summed E-state index contributed by atoms with van der Waals surface area (Å²) in [4.78, 5) is 14.4. The molecule has 3 heterocycles. The van der Waals surface area contributed by atoms with E-state index in [2.05, 4.69) is 25.9 Å². The highest BCUT2D eigenvalue weighted by Gasteiger charge is 2.16. The molecule has 0 aliphatic carbocycles. The zero-order valence-electron chi connectivity index (χ0n) is 12.1. The van der Waals surface area contributed by atoms with Crippen molar-refractivity contribution in [2.24, 2.45) is 14.1 Å². The van der Waals surface area contributed by atoms with Crippen LogP contribution in [0, 0.1) is 0 Å². The maximum absolute atomic E-state index is 12.0. The Kier molecular flexibility index (Phi) is 3.73. The van der Waals surface area contributed by atoms with Gasteiger partial charge in [0.05, 0.1) is 5.69 Å². The highest BCUT2D eigenvalue weighted by molar-refractivity contribution is 6.29. The molecular weight excluding hydrogens is 290 g/mol. The molecule has 0 atom stereocenters. The van der Waals surface area contributed by atoms with E-state index >= 15 is 0 Å². The normalized spacial score (nSPS) is 15.0. The molecular formula is C14H18ClN5O. The van der Waals surface area contributed by atoms with Crippen LogP contribution in [0.3, 0.4) is 0 Å². The summed E-state index contributed by atoms with van der Waals surface area (Å²) in [6.07, 6.45) is 3.25. The second-order valence-electron chi connectivity index (χ2n) is 5.40. The number of halogens is 1. The van der Waals surface area contributed by atoms with E-state index in [1.165, 1.54) is 16.8 Å². The molecule has 6 nitrogen and oxygen atoms in total. The van der Waals surface area contributed by atoms with Crippen molar-refractivity contribution in [3.63, 3.8) is 0 Å². The van der Waals surface area contributed by atoms with E-state index in [0.29, 0.717) is 5.69 Å². The van der Waals surface area contributed by atoms with Crippen molar-refractivity contribution in [3.05, 3.63) is 39.5 Å². The lowest BCUT2D eigenvalue weighted by molar-refractivity contribution is 0.169. The Morgan fingerprint density at radius 2 is 2.10 bits per heavy atom. The quantitative estimate of drug-likeness (QED) is 0.934. The molecule has 0 unspecified atom stereocenters. The number of hydrogen-bond acceptors (Lipinski definition) is 4. The molecule has 1 aliphatic heterocycles. The number of anilines is 2. The number of aryl methyl sites for hydroxylation is 2. The first-order valence-electron chi connectivity index (χ1n) is 6.91. The van der Waals surface area contributed by atoms with E-state index in [9.17, 15) is 4.79 Å². The molecule has 1 aliphatic rings. The van der Waals surface area contributed by atoms with Gasteiger partial charge in [0.1, 0.15) is 5.69 Å². The second-order valence-corrected chi connectivity index (χ2v) is 5.78. The average molecular weight is 308 g/mol. The second kappa shape index (κ2) is 5.54. The van der Waals surface area contributed by atoms with Crippen molar-refractivity contribution >= 4 is 23.0 Å². The van der Waals surface area contributed by atoms with E-state index < -0.39 is 0 Å². The third kappa shape index (κ3) is 2.96. The molecule has 1 fully saturated rings. The smallest absolute Gasteiger partial charge is 0.290 e. The first kappa shape index (κ1) is 14.2. The molecule has 3 rings (SSSR count). The Balaban J connectivity index is 1.82. The van der Waals surface area contributed by atoms with E-state index in [1.807, 2.05) is 13.2 Å². The maximum atomic E-state index is 12.0. The van der Waals surface area contributed by atoms with Gasteiger partial charge in [-0.3, -0.25) is 9.69 Å². The Morgan fingerprint density at radius 3 is 2.76 bits per heavy atom. The molecule has 7 heteroatoms. The van der Waals surface area contributed by atoms with Crippen LogP contribution >= 0.6 is 11.6 Å². The fraction of sp³-hybridized carbons (Fsp3) is 0.429. The van der Waals surface area contributed by atoms with Crippen LogP contribution in [0.15, 0.2) is 23.1 Å². The molecule has 2 aromatic rings. The SMILES string of the molecule is Cn1cc(Nc2cc(Cl)nn(C)c2=O)cc1CN1CCC1. The van der Waals surface area contributed by atoms with Crippen LogP contribution in [0.5, 0.6) is 0 Å². The van der Waals surface area contributed by atoms with Gasteiger partial charge in [-0.25, -0.2) is 4.68 Å². The van der Waals surface area contributed by atoms with Gasteiger partial charge in [-0.1, -0.05) is 11.6 Å². The van der Waals surface area contributed by atoms with Gasteiger partial charge in [0.25, 0.3) is 5.56 Å². The van der Waals surface area contributed by atoms with Gasteiger partial charge in [0.2, 0.25) is 0 Å². The molecule has 1 N–H and O–H groups in total. The lowest BCUT2D eigenvalue weighted by Crippen LogP contribution is -2.36. The summed E-state index contributed by atoms with van der Waals surface area (Å²) in [5.41, 5.74) is 2.33. The number of hydrogen-bond donors (Lipinski definition) is 1. The lowest BCUT2D eigenvalue weighted by atomic mass is 10.2. The van der Waals surface area contributed by atoms with Crippen LogP contribution in [0.2, 0.25) is 5.15 Å². The minimum atomic E-state index is -0.201. The summed E-state index contributed by atoms with van der Waals surface area (Å²) in [6.45, 7) is 3.26. The number of aromatic nitrogens is 3. The summed E-state index contributed by atoms with van der Waals surface area (Å²) in [5, 5.41) is 7.29. The summed E-state index contributed by atoms with van der Waals surface area (Å²) >= 11 is 5.90. The van der Waals surface area contributed by atoms with E-state index in [4.69, 9.17) is 11.6 Å². The number of rotatable bonds is 4. The van der Waals surface area contributed by atoms with Gasteiger partial charge in [0.15, 0.2) is 5.15 Å². The van der Waals surface area contributed by atoms with Gasteiger partial charge in [0, 0.05) is 38.6 Å². The highest BCUT2D eigenvalue weighted by Crippen LogP contribution is 2.20. The molecule has 0 bridgehead atoms. The van der Waals surface area contributed by atoms with E-state index in [0.717, 1.165) is 25.3 Å².